The van der Waals surface area contributed by atoms with E-state index in [2.05, 4.69) is 5.32 Å². The molecule has 0 unspecified atom stereocenters. The van der Waals surface area contributed by atoms with Crippen LogP contribution in [0.4, 0.5) is 25.0 Å². The van der Waals surface area contributed by atoms with E-state index in [0.717, 1.165) is 23.1 Å². The summed E-state index contributed by atoms with van der Waals surface area (Å²) in [6.07, 6.45) is 0. The molecule has 0 saturated heterocycles. The Kier molecular flexibility index (Phi) is 6.55. The van der Waals surface area contributed by atoms with E-state index in [4.69, 9.17) is 5.21 Å². The number of carbonyl (C=O) groups excluding carboxylic acids is 2. The number of nitrogens with zero attached hydrogens (tertiary/aromatic N) is 2. The van der Waals surface area contributed by atoms with Gasteiger partial charge in [-0.1, -0.05) is 12.1 Å². The number of nitrogens with one attached hydrogen (secondary N) is 2. The van der Waals surface area contributed by atoms with Crippen LogP contribution in [0, 0.1) is 21.7 Å². The molecule has 1 atom stereocenters. The molecule has 0 radical (unpaired) electrons. The molecule has 0 aliphatic rings. The van der Waals surface area contributed by atoms with E-state index in [-0.39, 0.29) is 17.9 Å². The summed E-state index contributed by atoms with van der Waals surface area (Å²) in [4.78, 5) is 35.5. The van der Waals surface area contributed by atoms with Crippen LogP contribution >= 0.6 is 0 Å². The minimum absolute atomic E-state index is 0.0470. The van der Waals surface area contributed by atoms with Crippen molar-refractivity contribution in [1.82, 2.24) is 10.4 Å². The highest BCUT2D eigenvalue weighted by Crippen LogP contribution is 2.18. The average molecular weight is 394 g/mol. The van der Waals surface area contributed by atoms with E-state index in [9.17, 15) is 28.5 Å². The molecule has 0 spiro atoms. The van der Waals surface area contributed by atoms with Crippen molar-refractivity contribution in [2.24, 2.45) is 0 Å². The Morgan fingerprint density at radius 1 is 1.18 bits per heavy atom. The van der Waals surface area contributed by atoms with Crippen molar-refractivity contribution in [3.05, 3.63) is 69.8 Å². The van der Waals surface area contributed by atoms with Crippen LogP contribution in [-0.4, -0.2) is 33.0 Å². The summed E-state index contributed by atoms with van der Waals surface area (Å²) in [5.74, 6) is -3.14. The van der Waals surface area contributed by atoms with Crippen molar-refractivity contribution in [2.45, 2.75) is 19.5 Å². The normalized spacial score (nSPS) is 11.4. The summed E-state index contributed by atoms with van der Waals surface area (Å²) < 4.78 is 26.4. The van der Waals surface area contributed by atoms with E-state index >= 15 is 0 Å². The predicted molar refractivity (Wildman–Crippen MR) is 93.4 cm³/mol. The molecule has 3 amide bonds. The van der Waals surface area contributed by atoms with Crippen molar-refractivity contribution in [1.29, 1.82) is 0 Å². The van der Waals surface area contributed by atoms with Crippen molar-refractivity contribution >= 4 is 23.3 Å². The van der Waals surface area contributed by atoms with Gasteiger partial charge in [0.2, 0.25) is 0 Å². The fourth-order valence-electron chi connectivity index (χ4n) is 2.31. The SMILES string of the molecule is C[C@@H](C(=O)NO)N(Cc1ccc([N+](=O)[O-])cc1)C(=O)Nc1ccc(F)c(F)c1. The number of nitro benzene ring substituents is 1. The van der Waals surface area contributed by atoms with Gasteiger partial charge in [-0.2, -0.15) is 0 Å². The van der Waals surface area contributed by atoms with Crippen LogP contribution in [0.15, 0.2) is 42.5 Å². The molecule has 0 aliphatic carbocycles. The number of amides is 3. The number of anilines is 1. The van der Waals surface area contributed by atoms with Gasteiger partial charge in [0.05, 0.1) is 4.92 Å². The molecule has 3 N–H and O–H groups in total. The van der Waals surface area contributed by atoms with Crippen LogP contribution in [-0.2, 0) is 11.3 Å². The first kappa shape index (κ1) is 20.7. The van der Waals surface area contributed by atoms with Crippen molar-refractivity contribution in [2.75, 3.05) is 5.32 Å². The quantitative estimate of drug-likeness (QED) is 0.395. The molecule has 0 aromatic heterocycles. The van der Waals surface area contributed by atoms with E-state index in [1.807, 2.05) is 0 Å². The van der Waals surface area contributed by atoms with Gasteiger partial charge >= 0.3 is 6.03 Å². The number of carbonyl (C=O) groups is 2. The number of non-ortho nitro benzene ring substituents is 1. The van der Waals surface area contributed by atoms with Gasteiger partial charge in [-0.3, -0.25) is 20.1 Å². The second-order valence-corrected chi connectivity index (χ2v) is 5.76. The number of hydroxylamine groups is 1. The Hall–Kier alpha value is -3.60. The predicted octanol–water partition coefficient (Wildman–Crippen LogP) is 2.80. The fourth-order valence-corrected chi connectivity index (χ4v) is 2.31. The third kappa shape index (κ3) is 4.98. The molecule has 0 saturated carbocycles. The van der Waals surface area contributed by atoms with Gasteiger partial charge < -0.3 is 10.2 Å². The standard InChI is InChI=1S/C17H16F2N4O5/c1-10(16(24)21-26)22(9-11-2-5-13(6-3-11)23(27)28)17(25)20-12-4-7-14(18)15(19)8-12/h2-8,10,26H,9H2,1H3,(H,20,25)(H,21,24)/t10-/m0/s1. The Labute approximate surface area is 157 Å². The number of benzene rings is 2. The van der Waals surface area contributed by atoms with E-state index in [1.54, 1.807) is 0 Å². The molecular weight excluding hydrogens is 378 g/mol. The van der Waals surface area contributed by atoms with Crippen molar-refractivity contribution < 1.29 is 28.5 Å². The summed E-state index contributed by atoms with van der Waals surface area (Å²) in [6, 6.07) is 6.03. The largest absolute Gasteiger partial charge is 0.322 e. The molecular formula is C17H16F2N4O5. The molecule has 0 fully saturated rings. The lowest BCUT2D eigenvalue weighted by Gasteiger charge is -2.28. The summed E-state index contributed by atoms with van der Waals surface area (Å²) in [5.41, 5.74) is 1.70. The first-order valence-electron chi connectivity index (χ1n) is 7.93. The first-order valence-corrected chi connectivity index (χ1v) is 7.93. The van der Waals surface area contributed by atoms with Gasteiger partial charge in [-0.25, -0.2) is 19.1 Å². The second kappa shape index (κ2) is 8.86. The third-order valence-corrected chi connectivity index (χ3v) is 3.89. The topological polar surface area (TPSA) is 125 Å². The summed E-state index contributed by atoms with van der Waals surface area (Å²) in [6.45, 7) is 1.18. The number of nitro groups is 1. The molecule has 28 heavy (non-hydrogen) atoms. The maximum absolute atomic E-state index is 13.3. The molecule has 11 heteroatoms. The minimum Gasteiger partial charge on any atom is -0.308 e. The van der Waals surface area contributed by atoms with E-state index < -0.39 is 34.5 Å². The Morgan fingerprint density at radius 3 is 2.36 bits per heavy atom. The van der Waals surface area contributed by atoms with Gasteiger partial charge in [0, 0.05) is 30.4 Å². The molecule has 9 nitrogen and oxygen atoms in total. The number of hydrogen-bond donors (Lipinski definition) is 3. The molecule has 2 aromatic rings. The number of halogens is 2. The Morgan fingerprint density at radius 2 is 1.82 bits per heavy atom. The zero-order valence-corrected chi connectivity index (χ0v) is 14.6. The molecule has 2 aromatic carbocycles. The molecule has 0 bridgehead atoms. The lowest BCUT2D eigenvalue weighted by atomic mass is 10.1. The van der Waals surface area contributed by atoms with Gasteiger partial charge in [-0.15, -0.1) is 0 Å². The van der Waals surface area contributed by atoms with Gasteiger partial charge in [0.25, 0.3) is 11.6 Å². The van der Waals surface area contributed by atoms with Crippen LogP contribution in [0.25, 0.3) is 0 Å². The van der Waals surface area contributed by atoms with Crippen LogP contribution in [0.1, 0.15) is 12.5 Å². The highest BCUT2D eigenvalue weighted by atomic mass is 19.2. The summed E-state index contributed by atoms with van der Waals surface area (Å²) in [7, 11) is 0. The summed E-state index contributed by atoms with van der Waals surface area (Å²) >= 11 is 0. The zero-order chi connectivity index (χ0) is 20.8. The molecule has 0 aliphatic heterocycles. The lowest BCUT2D eigenvalue weighted by molar-refractivity contribution is -0.384. The van der Waals surface area contributed by atoms with E-state index in [1.165, 1.54) is 36.7 Å². The Balaban J connectivity index is 2.24. The number of urea groups is 1. The highest BCUT2D eigenvalue weighted by Gasteiger charge is 2.26. The maximum atomic E-state index is 13.3. The summed E-state index contributed by atoms with van der Waals surface area (Å²) in [5, 5.41) is 21.9. The van der Waals surface area contributed by atoms with Crippen molar-refractivity contribution in [3.8, 4) is 0 Å². The van der Waals surface area contributed by atoms with Crippen LogP contribution in [0.2, 0.25) is 0 Å². The monoisotopic (exact) mass is 394 g/mol. The molecule has 148 valence electrons. The number of rotatable bonds is 6. The van der Waals surface area contributed by atoms with Gasteiger partial charge in [0.1, 0.15) is 6.04 Å². The fraction of sp³-hybridized carbons (Fsp3) is 0.176. The van der Waals surface area contributed by atoms with Gasteiger partial charge in [0.15, 0.2) is 11.6 Å². The molecule has 2 rings (SSSR count). The maximum Gasteiger partial charge on any atom is 0.322 e. The van der Waals surface area contributed by atoms with Crippen LogP contribution in [0.3, 0.4) is 0 Å². The average Bonchev–Trinajstić information content (AvgIpc) is 2.68. The second-order valence-electron chi connectivity index (χ2n) is 5.76. The minimum atomic E-state index is -1.17. The lowest BCUT2D eigenvalue weighted by Crippen LogP contribution is -2.48. The molecule has 0 heterocycles. The first-order chi connectivity index (χ1) is 13.2. The van der Waals surface area contributed by atoms with Crippen LogP contribution in [0.5, 0.6) is 0 Å². The zero-order valence-electron chi connectivity index (χ0n) is 14.6. The number of hydrogen-bond acceptors (Lipinski definition) is 5. The van der Waals surface area contributed by atoms with Crippen molar-refractivity contribution in [3.63, 3.8) is 0 Å². The van der Waals surface area contributed by atoms with E-state index in [0.29, 0.717) is 5.56 Å². The highest BCUT2D eigenvalue weighted by molar-refractivity contribution is 5.93. The van der Waals surface area contributed by atoms with Crippen LogP contribution < -0.4 is 10.8 Å². The Bertz CT molecular complexity index is 892. The third-order valence-electron chi connectivity index (χ3n) is 3.89. The van der Waals surface area contributed by atoms with Gasteiger partial charge in [-0.05, 0) is 24.6 Å². The smallest absolute Gasteiger partial charge is 0.308 e.